The molecule has 1 atom stereocenters. The Morgan fingerprint density at radius 3 is 2.71 bits per heavy atom. The molecule has 1 saturated carbocycles. The van der Waals surface area contributed by atoms with Crippen LogP contribution >= 0.6 is 15.9 Å². The first-order valence-electron chi connectivity index (χ1n) is 4.97. The zero-order valence-corrected chi connectivity index (χ0v) is 9.76. The van der Waals surface area contributed by atoms with Gasteiger partial charge < -0.3 is 0 Å². The maximum Gasteiger partial charge on any atom is 0.0213 e. The average Bonchev–Trinajstić information content (AvgIpc) is 3.01. The van der Waals surface area contributed by atoms with Crippen molar-refractivity contribution in [3.63, 3.8) is 0 Å². The summed E-state index contributed by atoms with van der Waals surface area (Å²) < 4.78 is 1.14. The molecule has 0 bridgehead atoms. The Hall–Kier alpha value is -0.560. The quantitative estimate of drug-likeness (QED) is 0.696. The molecule has 0 aliphatic heterocycles. The normalized spacial score (nSPS) is 17.9. The number of hydrogen-bond donors (Lipinski definition) is 0. The SMILES string of the molecule is [CH2]C(C=C)c1cc(C2CC2)ccc1Br. The Balaban J connectivity index is 2.35. The summed E-state index contributed by atoms with van der Waals surface area (Å²) in [6.07, 6.45) is 4.57. The number of hydrogen-bond acceptors (Lipinski definition) is 0. The summed E-state index contributed by atoms with van der Waals surface area (Å²) in [5.41, 5.74) is 2.71. The third-order valence-corrected chi connectivity index (χ3v) is 3.47. The minimum atomic E-state index is 0.183. The highest BCUT2D eigenvalue weighted by Crippen LogP contribution is 2.41. The Kier molecular flexibility index (Phi) is 2.78. The molecule has 1 aromatic rings. The first kappa shape index (κ1) is 9.97. The van der Waals surface area contributed by atoms with E-state index in [2.05, 4.69) is 47.6 Å². The molecule has 0 saturated heterocycles. The smallest absolute Gasteiger partial charge is 0.0213 e. The van der Waals surface area contributed by atoms with Crippen molar-refractivity contribution in [2.24, 2.45) is 0 Å². The fourth-order valence-corrected chi connectivity index (χ4v) is 2.18. The second-order valence-corrected chi connectivity index (χ2v) is 4.75. The van der Waals surface area contributed by atoms with E-state index in [-0.39, 0.29) is 5.92 Å². The lowest BCUT2D eigenvalue weighted by Gasteiger charge is -2.11. The van der Waals surface area contributed by atoms with E-state index in [1.54, 1.807) is 0 Å². The molecular weight excluding hydrogens is 236 g/mol. The molecule has 14 heavy (non-hydrogen) atoms. The minimum absolute atomic E-state index is 0.183. The van der Waals surface area contributed by atoms with E-state index >= 15 is 0 Å². The van der Waals surface area contributed by atoms with Gasteiger partial charge in [0.1, 0.15) is 0 Å². The molecule has 0 heterocycles. The molecule has 1 radical (unpaired) electrons. The molecule has 0 amide bonds. The molecule has 0 spiro atoms. The molecular formula is C13H14Br. The summed E-state index contributed by atoms with van der Waals surface area (Å²) in [7, 11) is 0. The molecule has 1 aliphatic carbocycles. The van der Waals surface area contributed by atoms with Gasteiger partial charge in [0.2, 0.25) is 0 Å². The molecule has 0 nitrogen and oxygen atoms in total. The van der Waals surface area contributed by atoms with Crippen molar-refractivity contribution in [3.8, 4) is 0 Å². The van der Waals surface area contributed by atoms with Crippen LogP contribution < -0.4 is 0 Å². The van der Waals surface area contributed by atoms with Crippen LogP contribution in [0, 0.1) is 6.92 Å². The lowest BCUT2D eigenvalue weighted by atomic mass is 9.98. The van der Waals surface area contributed by atoms with Gasteiger partial charge in [-0.3, -0.25) is 0 Å². The molecule has 1 heteroatoms. The van der Waals surface area contributed by atoms with E-state index < -0.39 is 0 Å². The number of allylic oxidation sites excluding steroid dienone is 1. The van der Waals surface area contributed by atoms with Crippen LogP contribution in [0.25, 0.3) is 0 Å². The lowest BCUT2D eigenvalue weighted by molar-refractivity contribution is 1.04. The maximum absolute atomic E-state index is 4.06. The summed E-state index contributed by atoms with van der Waals surface area (Å²) >= 11 is 3.55. The van der Waals surface area contributed by atoms with Gasteiger partial charge in [0, 0.05) is 10.4 Å². The average molecular weight is 250 g/mol. The highest BCUT2D eigenvalue weighted by atomic mass is 79.9. The van der Waals surface area contributed by atoms with Crippen LogP contribution in [0.4, 0.5) is 0 Å². The molecule has 1 aliphatic rings. The van der Waals surface area contributed by atoms with Gasteiger partial charge in [-0.2, -0.15) is 0 Å². The van der Waals surface area contributed by atoms with E-state index in [1.807, 2.05) is 6.08 Å². The third-order valence-electron chi connectivity index (χ3n) is 2.75. The predicted molar refractivity (Wildman–Crippen MR) is 64.4 cm³/mol. The van der Waals surface area contributed by atoms with Gasteiger partial charge in [0.15, 0.2) is 0 Å². The van der Waals surface area contributed by atoms with Gasteiger partial charge in [-0.1, -0.05) is 34.1 Å². The highest BCUT2D eigenvalue weighted by molar-refractivity contribution is 9.10. The highest BCUT2D eigenvalue weighted by Gasteiger charge is 2.24. The van der Waals surface area contributed by atoms with E-state index in [4.69, 9.17) is 0 Å². The van der Waals surface area contributed by atoms with Crippen LogP contribution in [0.15, 0.2) is 35.3 Å². The van der Waals surface area contributed by atoms with Gasteiger partial charge >= 0.3 is 0 Å². The summed E-state index contributed by atoms with van der Waals surface area (Å²) in [5.74, 6) is 0.988. The largest absolute Gasteiger partial charge is 0.102 e. The van der Waals surface area contributed by atoms with Gasteiger partial charge in [-0.25, -0.2) is 0 Å². The Morgan fingerprint density at radius 1 is 1.43 bits per heavy atom. The predicted octanol–water partition coefficient (Wildman–Crippen LogP) is 4.43. The molecule has 0 aromatic heterocycles. The fraction of sp³-hybridized carbons (Fsp3) is 0.308. The van der Waals surface area contributed by atoms with Crippen molar-refractivity contribution in [2.75, 3.05) is 0 Å². The summed E-state index contributed by atoms with van der Waals surface area (Å²) in [4.78, 5) is 0. The zero-order valence-electron chi connectivity index (χ0n) is 8.17. The summed E-state index contributed by atoms with van der Waals surface area (Å²) in [5, 5.41) is 0. The van der Waals surface area contributed by atoms with E-state index in [0.717, 1.165) is 10.4 Å². The Morgan fingerprint density at radius 2 is 2.14 bits per heavy atom. The van der Waals surface area contributed by atoms with Crippen molar-refractivity contribution in [3.05, 3.63) is 53.4 Å². The van der Waals surface area contributed by atoms with Crippen LogP contribution in [0.1, 0.15) is 35.8 Å². The van der Waals surface area contributed by atoms with E-state index in [1.165, 1.54) is 24.0 Å². The topological polar surface area (TPSA) is 0 Å². The second kappa shape index (κ2) is 3.90. The van der Waals surface area contributed by atoms with Crippen LogP contribution in [0.3, 0.4) is 0 Å². The number of halogens is 1. The van der Waals surface area contributed by atoms with Crippen LogP contribution in [-0.4, -0.2) is 0 Å². The van der Waals surface area contributed by atoms with Gasteiger partial charge in [-0.05, 0) is 42.9 Å². The van der Waals surface area contributed by atoms with Crippen molar-refractivity contribution in [2.45, 2.75) is 24.7 Å². The zero-order chi connectivity index (χ0) is 10.1. The lowest BCUT2D eigenvalue weighted by Crippen LogP contribution is -1.92. The van der Waals surface area contributed by atoms with Crippen molar-refractivity contribution in [1.82, 2.24) is 0 Å². The number of benzene rings is 1. The Bertz CT molecular complexity index is 350. The van der Waals surface area contributed by atoms with E-state index in [9.17, 15) is 0 Å². The Labute approximate surface area is 94.2 Å². The van der Waals surface area contributed by atoms with Gasteiger partial charge in [0.25, 0.3) is 0 Å². The minimum Gasteiger partial charge on any atom is -0.102 e. The van der Waals surface area contributed by atoms with Crippen molar-refractivity contribution in [1.29, 1.82) is 0 Å². The first-order chi connectivity index (χ1) is 6.72. The first-order valence-corrected chi connectivity index (χ1v) is 5.76. The summed E-state index contributed by atoms with van der Waals surface area (Å²) in [6, 6.07) is 6.60. The fourth-order valence-electron chi connectivity index (χ4n) is 1.64. The van der Waals surface area contributed by atoms with Gasteiger partial charge in [-0.15, -0.1) is 6.58 Å². The maximum atomic E-state index is 4.06. The number of rotatable bonds is 3. The standard InChI is InChI=1S/C13H14Br/c1-3-9(2)12-8-11(10-4-5-10)6-7-13(12)14/h3,6-10H,1-2,4-5H2. The summed E-state index contributed by atoms with van der Waals surface area (Å²) in [6.45, 7) is 7.85. The van der Waals surface area contributed by atoms with Crippen LogP contribution in [-0.2, 0) is 0 Å². The van der Waals surface area contributed by atoms with Crippen LogP contribution in [0.2, 0.25) is 0 Å². The van der Waals surface area contributed by atoms with E-state index in [0.29, 0.717) is 0 Å². The molecule has 2 rings (SSSR count). The molecule has 0 N–H and O–H groups in total. The molecule has 73 valence electrons. The van der Waals surface area contributed by atoms with Crippen molar-refractivity contribution >= 4 is 15.9 Å². The molecule has 1 aromatic carbocycles. The second-order valence-electron chi connectivity index (χ2n) is 3.90. The molecule has 1 unspecified atom stereocenters. The molecule has 1 fully saturated rings. The monoisotopic (exact) mass is 249 g/mol. The third kappa shape index (κ3) is 1.93. The van der Waals surface area contributed by atoms with Crippen molar-refractivity contribution < 1.29 is 0 Å². The van der Waals surface area contributed by atoms with Crippen LogP contribution in [0.5, 0.6) is 0 Å². The van der Waals surface area contributed by atoms with Gasteiger partial charge in [0.05, 0.1) is 0 Å².